The number of carbonyl (C=O) groups is 1. The summed E-state index contributed by atoms with van der Waals surface area (Å²) in [6, 6.07) is 24.2. The van der Waals surface area contributed by atoms with Gasteiger partial charge < -0.3 is 4.57 Å². The Kier molecular flexibility index (Phi) is 4.82. The molecule has 0 saturated heterocycles. The molecule has 4 heteroatoms. The number of carbonyl (C=O) groups excluding carboxylic acids is 1. The third kappa shape index (κ3) is 3.67. The zero-order chi connectivity index (χ0) is 18.8. The quantitative estimate of drug-likeness (QED) is 0.341. The lowest BCUT2D eigenvalue weighted by Gasteiger charge is -2.05. The molecule has 3 nitrogen and oxygen atoms in total. The molecule has 0 aliphatic heterocycles. The predicted molar refractivity (Wildman–Crippen MR) is 112 cm³/mol. The molecule has 0 bridgehead atoms. The fourth-order valence-electron chi connectivity index (χ4n) is 3.11. The molecule has 0 radical (unpaired) electrons. The van der Waals surface area contributed by atoms with Crippen molar-refractivity contribution in [1.29, 1.82) is 0 Å². The Bertz CT molecular complexity index is 1100. The summed E-state index contributed by atoms with van der Waals surface area (Å²) in [4.78, 5) is 17.3. The Morgan fingerprint density at radius 3 is 2.41 bits per heavy atom. The second-order valence-corrected chi connectivity index (χ2v) is 7.54. The summed E-state index contributed by atoms with van der Waals surface area (Å²) < 4.78 is 2.05. The number of aryl methyl sites for hydroxylation is 2. The molecule has 0 atom stereocenters. The monoisotopic (exact) mass is 372 g/mol. The number of hydrogen-bond acceptors (Lipinski definition) is 3. The van der Waals surface area contributed by atoms with Crippen LogP contribution in [0.1, 0.15) is 15.9 Å². The molecular formula is C23H20N2OS. The van der Waals surface area contributed by atoms with E-state index in [9.17, 15) is 4.79 Å². The van der Waals surface area contributed by atoms with Crippen molar-refractivity contribution in [3.8, 4) is 11.1 Å². The van der Waals surface area contributed by atoms with Gasteiger partial charge in [0.2, 0.25) is 0 Å². The van der Waals surface area contributed by atoms with Crippen molar-refractivity contribution < 1.29 is 4.79 Å². The molecule has 134 valence electrons. The molecule has 1 aromatic heterocycles. The molecule has 0 unspecified atom stereocenters. The van der Waals surface area contributed by atoms with Crippen LogP contribution in [0, 0.1) is 6.92 Å². The minimum Gasteiger partial charge on any atom is -0.322 e. The molecule has 0 aliphatic rings. The molecule has 0 saturated carbocycles. The Morgan fingerprint density at radius 1 is 0.963 bits per heavy atom. The van der Waals surface area contributed by atoms with Gasteiger partial charge in [0.25, 0.3) is 0 Å². The normalized spacial score (nSPS) is 11.0. The van der Waals surface area contributed by atoms with Gasteiger partial charge in [0.1, 0.15) is 0 Å². The molecule has 0 spiro atoms. The van der Waals surface area contributed by atoms with Gasteiger partial charge in [0.15, 0.2) is 10.9 Å². The average molecular weight is 372 g/mol. The number of imidazole rings is 1. The van der Waals surface area contributed by atoms with Crippen molar-refractivity contribution in [3.05, 3.63) is 83.9 Å². The van der Waals surface area contributed by atoms with E-state index < -0.39 is 0 Å². The van der Waals surface area contributed by atoms with Crippen LogP contribution < -0.4 is 0 Å². The third-order valence-electron chi connectivity index (χ3n) is 4.64. The van der Waals surface area contributed by atoms with Gasteiger partial charge in [-0.05, 0) is 35.7 Å². The highest BCUT2D eigenvalue weighted by atomic mass is 32.2. The number of Topliss-reactive ketones (excluding diaryl/α,β-unsaturated/α-hetero) is 1. The number of nitrogens with zero attached hydrogens (tertiary/aromatic N) is 2. The van der Waals surface area contributed by atoms with E-state index in [1.165, 1.54) is 17.3 Å². The van der Waals surface area contributed by atoms with Crippen LogP contribution in [0.15, 0.2) is 78.0 Å². The van der Waals surface area contributed by atoms with Crippen LogP contribution in [-0.2, 0) is 7.05 Å². The Balaban J connectivity index is 1.47. The number of ketones is 1. The summed E-state index contributed by atoms with van der Waals surface area (Å²) in [5.41, 5.74) is 6.25. The first kappa shape index (κ1) is 17.6. The van der Waals surface area contributed by atoms with Gasteiger partial charge in [-0.25, -0.2) is 4.98 Å². The van der Waals surface area contributed by atoms with Crippen molar-refractivity contribution in [2.75, 3.05) is 5.75 Å². The van der Waals surface area contributed by atoms with Crippen molar-refractivity contribution in [2.24, 2.45) is 7.05 Å². The summed E-state index contributed by atoms with van der Waals surface area (Å²) in [6.07, 6.45) is 0. The molecule has 4 aromatic rings. The van der Waals surface area contributed by atoms with Crippen LogP contribution in [0.3, 0.4) is 0 Å². The Morgan fingerprint density at radius 2 is 1.67 bits per heavy atom. The summed E-state index contributed by atoms with van der Waals surface area (Å²) in [6.45, 7) is 2.06. The summed E-state index contributed by atoms with van der Waals surface area (Å²) in [7, 11) is 1.99. The van der Waals surface area contributed by atoms with Crippen LogP contribution in [0.2, 0.25) is 0 Å². The number of hydrogen-bond donors (Lipinski definition) is 0. The van der Waals surface area contributed by atoms with Gasteiger partial charge in [-0.15, -0.1) is 0 Å². The lowest BCUT2D eigenvalue weighted by atomic mass is 10.0. The number of fused-ring (bicyclic) bond motifs is 1. The number of rotatable bonds is 5. The lowest BCUT2D eigenvalue weighted by molar-refractivity contribution is 0.102. The Labute approximate surface area is 163 Å². The standard InChI is InChI=1S/C23H20N2OS/c1-16-8-13-21-20(14-16)24-23(25(21)2)27-15-22(26)19-11-9-18(10-12-19)17-6-4-3-5-7-17/h3-14H,15H2,1-2H3. The van der Waals surface area contributed by atoms with Crippen LogP contribution in [0.5, 0.6) is 0 Å². The summed E-state index contributed by atoms with van der Waals surface area (Å²) in [5.74, 6) is 0.490. The second-order valence-electron chi connectivity index (χ2n) is 6.60. The van der Waals surface area contributed by atoms with Crippen LogP contribution in [-0.4, -0.2) is 21.1 Å². The minimum absolute atomic E-state index is 0.114. The van der Waals surface area contributed by atoms with Gasteiger partial charge in [-0.3, -0.25) is 4.79 Å². The average Bonchev–Trinajstić information content (AvgIpc) is 3.01. The highest BCUT2D eigenvalue weighted by molar-refractivity contribution is 7.99. The topological polar surface area (TPSA) is 34.9 Å². The molecule has 3 aromatic carbocycles. The van der Waals surface area contributed by atoms with E-state index >= 15 is 0 Å². The second kappa shape index (κ2) is 7.41. The van der Waals surface area contributed by atoms with Crippen LogP contribution >= 0.6 is 11.8 Å². The van der Waals surface area contributed by atoms with E-state index in [4.69, 9.17) is 0 Å². The Hall–Kier alpha value is -2.85. The highest BCUT2D eigenvalue weighted by Gasteiger charge is 2.12. The molecule has 0 amide bonds. The maximum atomic E-state index is 12.6. The summed E-state index contributed by atoms with van der Waals surface area (Å²) >= 11 is 1.48. The van der Waals surface area contributed by atoms with E-state index in [0.717, 1.165) is 32.9 Å². The molecular weight excluding hydrogens is 352 g/mol. The number of thioether (sulfide) groups is 1. The van der Waals surface area contributed by atoms with Crippen molar-refractivity contribution in [1.82, 2.24) is 9.55 Å². The largest absolute Gasteiger partial charge is 0.322 e. The van der Waals surface area contributed by atoms with Crippen molar-refractivity contribution >= 4 is 28.6 Å². The zero-order valence-corrected chi connectivity index (χ0v) is 16.2. The molecule has 1 heterocycles. The molecule has 0 aliphatic carbocycles. The molecule has 27 heavy (non-hydrogen) atoms. The fourth-order valence-corrected chi connectivity index (χ4v) is 3.99. The van der Waals surface area contributed by atoms with E-state index in [2.05, 4.69) is 42.2 Å². The zero-order valence-electron chi connectivity index (χ0n) is 15.3. The van der Waals surface area contributed by atoms with Gasteiger partial charge in [-0.2, -0.15) is 0 Å². The first-order chi connectivity index (χ1) is 13.1. The van der Waals surface area contributed by atoms with E-state index in [1.54, 1.807) is 0 Å². The van der Waals surface area contributed by atoms with Gasteiger partial charge >= 0.3 is 0 Å². The smallest absolute Gasteiger partial charge is 0.173 e. The van der Waals surface area contributed by atoms with Gasteiger partial charge in [0, 0.05) is 12.6 Å². The molecule has 4 rings (SSSR count). The molecule has 0 N–H and O–H groups in total. The SMILES string of the molecule is Cc1ccc2c(c1)nc(SCC(=O)c1ccc(-c3ccccc3)cc1)n2C. The van der Waals surface area contributed by atoms with Gasteiger partial charge in [-0.1, -0.05) is 72.4 Å². The van der Waals surface area contributed by atoms with Gasteiger partial charge in [0.05, 0.1) is 16.8 Å². The van der Waals surface area contributed by atoms with E-state index in [1.807, 2.05) is 54.1 Å². The lowest BCUT2D eigenvalue weighted by Crippen LogP contribution is -2.03. The number of aromatic nitrogens is 2. The van der Waals surface area contributed by atoms with E-state index in [-0.39, 0.29) is 5.78 Å². The summed E-state index contributed by atoms with van der Waals surface area (Å²) in [5, 5.41) is 0.866. The minimum atomic E-state index is 0.114. The molecule has 0 fully saturated rings. The maximum absolute atomic E-state index is 12.6. The fraction of sp³-hybridized carbons (Fsp3) is 0.130. The van der Waals surface area contributed by atoms with Crippen LogP contribution in [0.25, 0.3) is 22.2 Å². The predicted octanol–water partition coefficient (Wildman–Crippen LogP) is 5.52. The van der Waals surface area contributed by atoms with Crippen LogP contribution in [0.4, 0.5) is 0 Å². The maximum Gasteiger partial charge on any atom is 0.173 e. The van der Waals surface area contributed by atoms with E-state index in [0.29, 0.717) is 5.75 Å². The highest BCUT2D eigenvalue weighted by Crippen LogP contribution is 2.25. The first-order valence-electron chi connectivity index (χ1n) is 8.86. The number of benzene rings is 3. The van der Waals surface area contributed by atoms with Crippen molar-refractivity contribution in [2.45, 2.75) is 12.1 Å². The third-order valence-corrected chi connectivity index (χ3v) is 5.67. The first-order valence-corrected chi connectivity index (χ1v) is 9.85. The van der Waals surface area contributed by atoms with Crippen molar-refractivity contribution in [3.63, 3.8) is 0 Å².